The van der Waals surface area contributed by atoms with Crippen LogP contribution >= 0.6 is 0 Å². The molecule has 2 amide bonds. The molecule has 0 saturated carbocycles. The first kappa shape index (κ1) is 18.2. The van der Waals surface area contributed by atoms with E-state index in [4.69, 9.17) is 14.6 Å². The molecule has 2 aromatic rings. The average molecular weight is 370 g/mol. The molecule has 0 aliphatic carbocycles. The van der Waals surface area contributed by atoms with Crippen molar-refractivity contribution >= 4 is 23.7 Å². The molecule has 0 aromatic heterocycles. The number of carboxylic acids is 1. The number of carboxylic acid groups (broad SMARTS) is 1. The molecule has 1 aliphatic heterocycles. The maximum Gasteiger partial charge on any atom is 0.408 e. The van der Waals surface area contributed by atoms with Gasteiger partial charge in [0.2, 0.25) is 0 Å². The second-order valence-electron chi connectivity index (χ2n) is 5.86. The van der Waals surface area contributed by atoms with E-state index in [1.54, 1.807) is 36.4 Å². The van der Waals surface area contributed by atoms with Crippen molar-refractivity contribution in [2.24, 2.45) is 0 Å². The van der Waals surface area contributed by atoms with Crippen LogP contribution in [0.1, 0.15) is 5.56 Å². The lowest BCUT2D eigenvalue weighted by Gasteiger charge is -2.22. The van der Waals surface area contributed by atoms with E-state index < -0.39 is 30.6 Å². The maximum absolute atomic E-state index is 12.8. The number of carbonyl (C=O) groups excluding carboxylic acids is 2. The van der Waals surface area contributed by atoms with Crippen LogP contribution in [-0.2, 0) is 20.9 Å². The van der Waals surface area contributed by atoms with Crippen molar-refractivity contribution in [3.05, 3.63) is 60.2 Å². The number of aliphatic carboxylic acids is 1. The normalized spacial score (nSPS) is 15.9. The lowest BCUT2D eigenvalue weighted by Crippen LogP contribution is -2.51. The summed E-state index contributed by atoms with van der Waals surface area (Å²) in [6, 6.07) is 14.6. The molecule has 2 aromatic carbocycles. The highest BCUT2D eigenvalue weighted by Gasteiger charge is 2.33. The van der Waals surface area contributed by atoms with Gasteiger partial charge in [-0.25, -0.2) is 4.79 Å². The number of rotatable bonds is 5. The summed E-state index contributed by atoms with van der Waals surface area (Å²) in [7, 11) is 0. The summed E-state index contributed by atoms with van der Waals surface area (Å²) >= 11 is 0. The minimum absolute atomic E-state index is 0.0491. The van der Waals surface area contributed by atoms with Gasteiger partial charge in [-0.05, 0) is 17.7 Å². The lowest BCUT2D eigenvalue weighted by molar-refractivity contribution is -0.136. The number of carbonyl (C=O) groups is 3. The molecule has 27 heavy (non-hydrogen) atoms. The predicted molar refractivity (Wildman–Crippen MR) is 95.5 cm³/mol. The van der Waals surface area contributed by atoms with Gasteiger partial charge >= 0.3 is 12.1 Å². The van der Waals surface area contributed by atoms with Gasteiger partial charge in [0.15, 0.2) is 0 Å². The molecule has 1 aliphatic rings. The number of anilines is 1. The van der Waals surface area contributed by atoms with Gasteiger partial charge in [-0.2, -0.15) is 0 Å². The zero-order chi connectivity index (χ0) is 19.2. The van der Waals surface area contributed by atoms with Crippen LogP contribution in [0.3, 0.4) is 0 Å². The van der Waals surface area contributed by atoms with Gasteiger partial charge in [0.05, 0.1) is 5.69 Å². The highest BCUT2D eigenvalue weighted by molar-refractivity contribution is 6.03. The number of benzene rings is 2. The number of nitrogens with one attached hydrogen (secondary N) is 1. The topological polar surface area (TPSA) is 105 Å². The van der Waals surface area contributed by atoms with Crippen molar-refractivity contribution in [1.82, 2.24) is 5.32 Å². The fourth-order valence-corrected chi connectivity index (χ4v) is 2.66. The first-order valence-corrected chi connectivity index (χ1v) is 8.27. The van der Waals surface area contributed by atoms with Gasteiger partial charge in [-0.15, -0.1) is 0 Å². The molecule has 8 nitrogen and oxygen atoms in total. The first-order valence-electron chi connectivity index (χ1n) is 8.27. The molecule has 0 radical (unpaired) electrons. The van der Waals surface area contributed by atoms with E-state index in [2.05, 4.69) is 5.32 Å². The third-order valence-corrected chi connectivity index (χ3v) is 3.92. The van der Waals surface area contributed by atoms with Crippen molar-refractivity contribution in [3.8, 4) is 5.75 Å². The number of para-hydroxylation sites is 2. The van der Waals surface area contributed by atoms with E-state index in [-0.39, 0.29) is 13.2 Å². The van der Waals surface area contributed by atoms with E-state index in [1.807, 2.05) is 18.2 Å². The molecule has 140 valence electrons. The minimum Gasteiger partial charge on any atom is -0.489 e. The number of nitrogens with zero attached hydrogens (tertiary/aromatic N) is 1. The highest BCUT2D eigenvalue weighted by atomic mass is 16.5. The number of amides is 2. The minimum atomic E-state index is -1.18. The van der Waals surface area contributed by atoms with E-state index in [0.29, 0.717) is 11.4 Å². The monoisotopic (exact) mass is 370 g/mol. The second kappa shape index (κ2) is 8.22. The smallest absolute Gasteiger partial charge is 0.408 e. The summed E-state index contributed by atoms with van der Waals surface area (Å²) in [6.45, 7) is -0.629. The number of alkyl carbamates (subject to hydrolysis) is 1. The molecule has 3 rings (SSSR count). The fourth-order valence-electron chi connectivity index (χ4n) is 2.66. The molecule has 0 saturated heterocycles. The summed E-state index contributed by atoms with van der Waals surface area (Å²) in [4.78, 5) is 37.1. The number of hydrogen-bond donors (Lipinski definition) is 2. The predicted octanol–water partition coefficient (Wildman–Crippen LogP) is 1.79. The van der Waals surface area contributed by atoms with Crippen molar-refractivity contribution in [2.75, 3.05) is 18.1 Å². The Morgan fingerprint density at radius 1 is 1.15 bits per heavy atom. The van der Waals surface area contributed by atoms with Gasteiger partial charge in [-0.1, -0.05) is 42.5 Å². The van der Waals surface area contributed by atoms with E-state index in [9.17, 15) is 14.4 Å². The fraction of sp³-hybridized carbons (Fsp3) is 0.211. The van der Waals surface area contributed by atoms with Gasteiger partial charge in [0, 0.05) is 0 Å². The van der Waals surface area contributed by atoms with Crippen LogP contribution in [0.15, 0.2) is 54.6 Å². The first-order chi connectivity index (χ1) is 13.0. The zero-order valence-electron chi connectivity index (χ0n) is 14.3. The third-order valence-electron chi connectivity index (χ3n) is 3.92. The summed E-state index contributed by atoms with van der Waals surface area (Å²) in [6.07, 6.45) is -0.790. The molecule has 1 atom stereocenters. The Balaban J connectivity index is 1.69. The summed E-state index contributed by atoms with van der Waals surface area (Å²) in [5.74, 6) is -1.39. The zero-order valence-corrected chi connectivity index (χ0v) is 14.3. The van der Waals surface area contributed by atoms with Crippen LogP contribution in [0, 0.1) is 0 Å². The molecule has 0 spiro atoms. The molecule has 0 bridgehead atoms. The van der Waals surface area contributed by atoms with Crippen molar-refractivity contribution in [3.63, 3.8) is 0 Å². The van der Waals surface area contributed by atoms with Gasteiger partial charge in [0.25, 0.3) is 5.91 Å². The molecule has 1 unspecified atom stereocenters. The summed E-state index contributed by atoms with van der Waals surface area (Å²) in [5, 5.41) is 11.6. The molecule has 1 heterocycles. The molecule has 2 N–H and O–H groups in total. The Morgan fingerprint density at radius 3 is 2.59 bits per heavy atom. The SMILES string of the molecule is O=C(O)CN1C(=O)C(NC(=O)OCc2ccccc2)COc2ccccc21. The van der Waals surface area contributed by atoms with Crippen LogP contribution < -0.4 is 15.0 Å². The Kier molecular flexibility index (Phi) is 5.55. The molecular formula is C19H18N2O6. The molecule has 8 heteroatoms. The van der Waals surface area contributed by atoms with Crippen LogP contribution in [-0.4, -0.2) is 42.3 Å². The third kappa shape index (κ3) is 4.55. The van der Waals surface area contributed by atoms with E-state index in [0.717, 1.165) is 10.5 Å². The van der Waals surface area contributed by atoms with Crippen LogP contribution in [0.2, 0.25) is 0 Å². The Bertz CT molecular complexity index is 839. The van der Waals surface area contributed by atoms with Crippen molar-refractivity contribution in [2.45, 2.75) is 12.6 Å². The van der Waals surface area contributed by atoms with E-state index in [1.165, 1.54) is 0 Å². The Hall–Kier alpha value is -3.55. The molecule has 0 fully saturated rings. The second-order valence-corrected chi connectivity index (χ2v) is 5.86. The van der Waals surface area contributed by atoms with Gasteiger partial charge < -0.3 is 19.9 Å². The van der Waals surface area contributed by atoms with Crippen LogP contribution in [0.5, 0.6) is 5.75 Å². The Labute approximate surface area is 155 Å². The van der Waals surface area contributed by atoms with E-state index >= 15 is 0 Å². The number of ether oxygens (including phenoxy) is 2. The van der Waals surface area contributed by atoms with Gasteiger partial charge in [-0.3, -0.25) is 14.5 Å². The van der Waals surface area contributed by atoms with Crippen LogP contribution in [0.25, 0.3) is 0 Å². The lowest BCUT2D eigenvalue weighted by atomic mass is 10.2. The summed E-state index contributed by atoms with van der Waals surface area (Å²) in [5.41, 5.74) is 1.14. The quantitative estimate of drug-likeness (QED) is 0.831. The highest BCUT2D eigenvalue weighted by Crippen LogP contribution is 2.30. The maximum atomic E-state index is 12.8. The molecular weight excluding hydrogens is 352 g/mol. The Morgan fingerprint density at radius 2 is 1.85 bits per heavy atom. The largest absolute Gasteiger partial charge is 0.489 e. The standard InChI is InChI=1S/C19H18N2O6/c22-17(23)10-21-15-8-4-5-9-16(15)26-12-14(18(21)24)20-19(25)27-11-13-6-2-1-3-7-13/h1-9,14H,10-12H2,(H,20,25)(H,22,23). The summed E-state index contributed by atoms with van der Waals surface area (Å²) < 4.78 is 10.7. The van der Waals surface area contributed by atoms with Crippen molar-refractivity contribution in [1.29, 1.82) is 0 Å². The number of hydrogen-bond acceptors (Lipinski definition) is 5. The van der Waals surface area contributed by atoms with Crippen LogP contribution in [0.4, 0.5) is 10.5 Å². The number of fused-ring (bicyclic) bond motifs is 1. The van der Waals surface area contributed by atoms with Gasteiger partial charge in [0.1, 0.15) is 31.5 Å². The van der Waals surface area contributed by atoms with Crippen molar-refractivity contribution < 1.29 is 29.0 Å². The average Bonchev–Trinajstić information content (AvgIpc) is 2.79.